The van der Waals surface area contributed by atoms with Gasteiger partial charge in [-0.15, -0.1) is 0 Å². The Morgan fingerprint density at radius 3 is 2.22 bits per heavy atom. The Bertz CT molecular complexity index is 382. The number of rotatable bonds is 5. The predicted octanol–water partition coefficient (Wildman–Crippen LogP) is 2.36. The van der Waals surface area contributed by atoms with Crippen LogP contribution in [-0.2, 0) is 11.2 Å². The lowest BCUT2D eigenvalue weighted by molar-refractivity contribution is -0.129. The van der Waals surface area contributed by atoms with Crippen molar-refractivity contribution in [3.8, 4) is 0 Å². The zero-order chi connectivity index (χ0) is 13.7. The van der Waals surface area contributed by atoms with E-state index >= 15 is 0 Å². The fourth-order valence-electron chi connectivity index (χ4n) is 1.86. The maximum Gasteiger partial charge on any atom is 0.223 e. The van der Waals surface area contributed by atoms with Gasteiger partial charge in [0.25, 0.3) is 0 Å². The normalized spacial score (nSPS) is 12.6. The highest BCUT2D eigenvalue weighted by molar-refractivity contribution is 5.76. The molecule has 0 saturated carbocycles. The third-order valence-electron chi connectivity index (χ3n) is 2.95. The summed E-state index contributed by atoms with van der Waals surface area (Å²) in [5.41, 5.74) is 8.38. The monoisotopic (exact) mass is 248 g/mol. The standard InChI is InChI=1S/C15H24N2O/c1-11(2)9-12-5-7-13(8-6-12)14(16)10-15(18)17(3)4/h5-8,11,14H,9-10,16H2,1-4H3. The highest BCUT2D eigenvalue weighted by Gasteiger charge is 2.13. The number of nitrogens with two attached hydrogens (primary N) is 1. The van der Waals surface area contributed by atoms with Crippen LogP contribution in [-0.4, -0.2) is 24.9 Å². The first-order valence-corrected chi connectivity index (χ1v) is 6.44. The molecule has 1 rings (SSSR count). The Kier molecular flexibility index (Phi) is 5.35. The van der Waals surface area contributed by atoms with Crippen molar-refractivity contribution in [2.45, 2.75) is 32.7 Å². The summed E-state index contributed by atoms with van der Waals surface area (Å²) < 4.78 is 0. The van der Waals surface area contributed by atoms with Crippen molar-refractivity contribution in [3.63, 3.8) is 0 Å². The van der Waals surface area contributed by atoms with Crippen LogP contribution < -0.4 is 5.73 Å². The molecule has 2 N–H and O–H groups in total. The quantitative estimate of drug-likeness (QED) is 0.869. The highest BCUT2D eigenvalue weighted by Crippen LogP contribution is 2.17. The minimum atomic E-state index is -0.215. The van der Waals surface area contributed by atoms with Gasteiger partial charge in [0, 0.05) is 26.6 Å². The van der Waals surface area contributed by atoms with Crippen molar-refractivity contribution >= 4 is 5.91 Å². The van der Waals surface area contributed by atoms with E-state index in [4.69, 9.17) is 5.73 Å². The summed E-state index contributed by atoms with van der Waals surface area (Å²) in [6.07, 6.45) is 1.43. The van der Waals surface area contributed by atoms with E-state index in [1.807, 2.05) is 12.1 Å². The Labute approximate surface area is 110 Å². The van der Waals surface area contributed by atoms with Gasteiger partial charge in [-0.2, -0.15) is 0 Å². The molecule has 0 radical (unpaired) electrons. The van der Waals surface area contributed by atoms with Crippen LogP contribution in [0.2, 0.25) is 0 Å². The van der Waals surface area contributed by atoms with Gasteiger partial charge in [0.1, 0.15) is 0 Å². The predicted molar refractivity (Wildman–Crippen MR) is 75.2 cm³/mol. The Balaban J connectivity index is 2.64. The molecule has 0 aliphatic carbocycles. The molecule has 0 aromatic heterocycles. The van der Waals surface area contributed by atoms with Crippen molar-refractivity contribution in [3.05, 3.63) is 35.4 Å². The lowest BCUT2D eigenvalue weighted by Crippen LogP contribution is -2.26. The number of hydrogen-bond donors (Lipinski definition) is 1. The topological polar surface area (TPSA) is 46.3 Å². The third kappa shape index (κ3) is 4.49. The van der Waals surface area contributed by atoms with E-state index in [1.165, 1.54) is 5.56 Å². The van der Waals surface area contributed by atoms with Crippen molar-refractivity contribution < 1.29 is 4.79 Å². The molecule has 0 aliphatic heterocycles. The summed E-state index contributed by atoms with van der Waals surface area (Å²) in [7, 11) is 3.50. The molecule has 0 fully saturated rings. The fraction of sp³-hybridized carbons (Fsp3) is 0.533. The average molecular weight is 248 g/mol. The van der Waals surface area contributed by atoms with Gasteiger partial charge in [0.05, 0.1) is 0 Å². The van der Waals surface area contributed by atoms with Gasteiger partial charge in [-0.05, 0) is 23.5 Å². The van der Waals surface area contributed by atoms with Crippen LogP contribution in [0.5, 0.6) is 0 Å². The molecule has 1 amide bonds. The van der Waals surface area contributed by atoms with E-state index in [1.54, 1.807) is 19.0 Å². The van der Waals surface area contributed by atoms with E-state index in [-0.39, 0.29) is 11.9 Å². The smallest absolute Gasteiger partial charge is 0.223 e. The number of carbonyl (C=O) groups excluding carboxylic acids is 1. The highest BCUT2D eigenvalue weighted by atomic mass is 16.2. The van der Waals surface area contributed by atoms with Crippen molar-refractivity contribution in [1.29, 1.82) is 0 Å². The van der Waals surface area contributed by atoms with E-state index in [2.05, 4.69) is 26.0 Å². The summed E-state index contributed by atoms with van der Waals surface area (Å²) in [5, 5.41) is 0. The second kappa shape index (κ2) is 6.55. The Morgan fingerprint density at radius 2 is 1.78 bits per heavy atom. The zero-order valence-corrected chi connectivity index (χ0v) is 11.8. The van der Waals surface area contributed by atoms with Gasteiger partial charge in [0.2, 0.25) is 5.91 Å². The minimum absolute atomic E-state index is 0.0637. The lowest BCUT2D eigenvalue weighted by atomic mass is 9.98. The van der Waals surface area contributed by atoms with Crippen LogP contribution in [0.1, 0.15) is 37.4 Å². The molecule has 18 heavy (non-hydrogen) atoms. The molecule has 0 heterocycles. The molecule has 1 unspecified atom stereocenters. The number of nitrogens with zero attached hydrogens (tertiary/aromatic N) is 1. The molecule has 0 saturated heterocycles. The second-order valence-corrected chi connectivity index (χ2v) is 5.44. The fourth-order valence-corrected chi connectivity index (χ4v) is 1.86. The third-order valence-corrected chi connectivity index (χ3v) is 2.95. The first-order chi connectivity index (χ1) is 8.40. The van der Waals surface area contributed by atoms with Gasteiger partial charge < -0.3 is 10.6 Å². The number of amides is 1. The van der Waals surface area contributed by atoms with Gasteiger partial charge in [-0.25, -0.2) is 0 Å². The molecule has 1 aromatic rings. The largest absolute Gasteiger partial charge is 0.349 e. The van der Waals surface area contributed by atoms with Crippen molar-refractivity contribution in [1.82, 2.24) is 4.90 Å². The van der Waals surface area contributed by atoms with E-state index in [0.29, 0.717) is 12.3 Å². The molecule has 0 spiro atoms. The molecule has 3 nitrogen and oxygen atoms in total. The number of benzene rings is 1. The Hall–Kier alpha value is -1.35. The average Bonchev–Trinajstić information content (AvgIpc) is 2.28. The summed E-state index contributed by atoms with van der Waals surface area (Å²) >= 11 is 0. The molecule has 1 atom stereocenters. The van der Waals surface area contributed by atoms with Crippen LogP contribution in [0, 0.1) is 5.92 Å². The molecular weight excluding hydrogens is 224 g/mol. The van der Waals surface area contributed by atoms with Crippen LogP contribution in [0.25, 0.3) is 0 Å². The maximum atomic E-state index is 11.6. The van der Waals surface area contributed by atoms with Crippen LogP contribution in [0.15, 0.2) is 24.3 Å². The molecule has 3 heteroatoms. The van der Waals surface area contributed by atoms with Gasteiger partial charge in [-0.1, -0.05) is 38.1 Å². The summed E-state index contributed by atoms with van der Waals surface area (Å²) in [4.78, 5) is 13.2. The molecule has 0 aliphatic rings. The molecule has 1 aromatic carbocycles. The van der Waals surface area contributed by atoms with Crippen LogP contribution in [0.4, 0.5) is 0 Å². The van der Waals surface area contributed by atoms with E-state index in [9.17, 15) is 4.79 Å². The Morgan fingerprint density at radius 1 is 1.22 bits per heavy atom. The van der Waals surface area contributed by atoms with E-state index < -0.39 is 0 Å². The lowest BCUT2D eigenvalue weighted by Gasteiger charge is -2.16. The molecule has 0 bridgehead atoms. The number of carbonyl (C=O) groups is 1. The van der Waals surface area contributed by atoms with E-state index in [0.717, 1.165) is 12.0 Å². The van der Waals surface area contributed by atoms with Gasteiger partial charge in [-0.3, -0.25) is 4.79 Å². The van der Waals surface area contributed by atoms with Gasteiger partial charge in [0.15, 0.2) is 0 Å². The summed E-state index contributed by atoms with van der Waals surface area (Å²) in [6.45, 7) is 4.41. The van der Waals surface area contributed by atoms with Crippen molar-refractivity contribution in [2.75, 3.05) is 14.1 Å². The summed E-state index contributed by atoms with van der Waals surface area (Å²) in [6, 6.07) is 8.06. The second-order valence-electron chi connectivity index (χ2n) is 5.44. The van der Waals surface area contributed by atoms with Crippen LogP contribution in [0.3, 0.4) is 0 Å². The van der Waals surface area contributed by atoms with Crippen molar-refractivity contribution in [2.24, 2.45) is 11.7 Å². The minimum Gasteiger partial charge on any atom is -0.349 e. The zero-order valence-electron chi connectivity index (χ0n) is 11.8. The maximum absolute atomic E-state index is 11.6. The van der Waals surface area contributed by atoms with Gasteiger partial charge >= 0.3 is 0 Å². The van der Waals surface area contributed by atoms with Crippen LogP contribution >= 0.6 is 0 Å². The number of hydrogen-bond acceptors (Lipinski definition) is 2. The first kappa shape index (κ1) is 14.7. The molecular formula is C15H24N2O. The molecule has 100 valence electrons. The summed E-state index contributed by atoms with van der Waals surface area (Å²) in [5.74, 6) is 0.716. The first-order valence-electron chi connectivity index (χ1n) is 6.44. The SMILES string of the molecule is CC(C)Cc1ccc(C(N)CC(=O)N(C)C)cc1.